The number of rotatable bonds is 5. The normalized spacial score (nSPS) is 13.7. The second-order valence-corrected chi connectivity index (χ2v) is 7.45. The zero-order valence-electron chi connectivity index (χ0n) is 16.8. The van der Waals surface area contributed by atoms with Gasteiger partial charge in [-0.05, 0) is 60.5 Å². The van der Waals surface area contributed by atoms with Crippen molar-refractivity contribution < 1.29 is 18.7 Å². The van der Waals surface area contributed by atoms with Gasteiger partial charge < -0.3 is 10.1 Å². The predicted molar refractivity (Wildman–Crippen MR) is 119 cm³/mol. The number of nitrogens with zero attached hydrogens (tertiary/aromatic N) is 1. The number of hydrogen-bond donors (Lipinski definition) is 1. The van der Waals surface area contributed by atoms with Crippen molar-refractivity contribution in [2.75, 3.05) is 17.3 Å². The highest BCUT2D eigenvalue weighted by molar-refractivity contribution is 6.46. The van der Waals surface area contributed by atoms with Crippen LogP contribution in [0.25, 0.3) is 5.57 Å². The molecule has 7 heteroatoms. The minimum atomic E-state index is -0.593. The first kappa shape index (κ1) is 20.6. The number of imide groups is 1. The van der Waals surface area contributed by atoms with Crippen LogP contribution in [-0.4, -0.2) is 18.9 Å². The van der Waals surface area contributed by atoms with Gasteiger partial charge in [-0.3, -0.25) is 9.59 Å². The SMILES string of the molecule is COc1ccc(C)cc1NC1=C(c2ccc(Cl)cc2)C(=O)N(c2cccc(F)c2)C1=O. The Labute approximate surface area is 183 Å². The Bertz CT molecular complexity index is 1220. The summed E-state index contributed by atoms with van der Waals surface area (Å²) >= 11 is 6.00. The molecule has 1 heterocycles. The van der Waals surface area contributed by atoms with Crippen molar-refractivity contribution in [1.29, 1.82) is 0 Å². The summed E-state index contributed by atoms with van der Waals surface area (Å²) in [6, 6.07) is 17.4. The number of carbonyl (C=O) groups excluding carboxylic acids is 2. The molecule has 0 saturated carbocycles. The molecule has 0 bridgehead atoms. The summed E-state index contributed by atoms with van der Waals surface area (Å²) in [7, 11) is 1.52. The molecule has 0 spiro atoms. The number of amides is 2. The smallest absolute Gasteiger partial charge is 0.282 e. The number of benzene rings is 3. The van der Waals surface area contributed by atoms with Gasteiger partial charge in [0.1, 0.15) is 17.3 Å². The summed E-state index contributed by atoms with van der Waals surface area (Å²) in [6.45, 7) is 1.90. The third-order valence-electron chi connectivity index (χ3n) is 4.90. The molecule has 3 aromatic carbocycles. The van der Waals surface area contributed by atoms with Gasteiger partial charge in [-0.25, -0.2) is 9.29 Å². The largest absolute Gasteiger partial charge is 0.495 e. The minimum absolute atomic E-state index is 0.0699. The standard InChI is InChI=1S/C24H18ClFN2O3/c1-14-6-11-20(31-2)19(12-14)27-22-21(15-7-9-16(25)10-8-15)23(29)28(24(22)30)18-5-3-4-17(26)13-18/h3-13,27H,1-2H3. The number of methoxy groups -OCH3 is 1. The average Bonchev–Trinajstić information content (AvgIpc) is 2.98. The van der Waals surface area contributed by atoms with Crippen LogP contribution in [0.15, 0.2) is 72.4 Å². The maximum Gasteiger partial charge on any atom is 0.282 e. The van der Waals surface area contributed by atoms with Crippen LogP contribution in [0.5, 0.6) is 5.75 Å². The molecule has 0 radical (unpaired) electrons. The van der Waals surface area contributed by atoms with Gasteiger partial charge in [0, 0.05) is 5.02 Å². The van der Waals surface area contributed by atoms with Gasteiger partial charge in [-0.1, -0.05) is 35.9 Å². The number of aryl methyl sites for hydroxylation is 1. The molecular weight excluding hydrogens is 419 g/mol. The van der Waals surface area contributed by atoms with Crippen LogP contribution in [0.2, 0.25) is 5.02 Å². The van der Waals surface area contributed by atoms with Crippen LogP contribution in [0.1, 0.15) is 11.1 Å². The fourth-order valence-electron chi connectivity index (χ4n) is 3.43. The molecule has 0 unspecified atom stereocenters. The summed E-state index contributed by atoms with van der Waals surface area (Å²) in [5.41, 5.74) is 2.36. The van der Waals surface area contributed by atoms with Gasteiger partial charge in [0.15, 0.2) is 0 Å². The highest BCUT2D eigenvalue weighted by Crippen LogP contribution is 2.36. The minimum Gasteiger partial charge on any atom is -0.495 e. The van der Waals surface area contributed by atoms with Crippen molar-refractivity contribution >= 4 is 40.4 Å². The molecule has 1 aliphatic rings. The van der Waals surface area contributed by atoms with Gasteiger partial charge in [0.05, 0.1) is 24.1 Å². The molecular formula is C24H18ClFN2O3. The molecule has 4 rings (SSSR count). The van der Waals surface area contributed by atoms with E-state index in [0.29, 0.717) is 22.0 Å². The number of carbonyl (C=O) groups is 2. The van der Waals surface area contributed by atoms with Gasteiger partial charge >= 0.3 is 0 Å². The zero-order valence-corrected chi connectivity index (χ0v) is 17.5. The van der Waals surface area contributed by atoms with E-state index in [4.69, 9.17) is 16.3 Å². The molecule has 5 nitrogen and oxygen atoms in total. The van der Waals surface area contributed by atoms with Crippen LogP contribution in [0, 0.1) is 12.7 Å². The highest BCUT2D eigenvalue weighted by Gasteiger charge is 2.40. The zero-order chi connectivity index (χ0) is 22.1. The van der Waals surface area contributed by atoms with E-state index < -0.39 is 17.6 Å². The Morgan fingerprint density at radius 1 is 0.968 bits per heavy atom. The Balaban J connectivity index is 1.86. The van der Waals surface area contributed by atoms with Crippen molar-refractivity contribution in [1.82, 2.24) is 0 Å². The van der Waals surface area contributed by atoms with E-state index in [1.807, 2.05) is 19.1 Å². The van der Waals surface area contributed by atoms with Gasteiger partial charge in [0.25, 0.3) is 11.8 Å². The topological polar surface area (TPSA) is 58.6 Å². The summed E-state index contributed by atoms with van der Waals surface area (Å²) in [5.74, 6) is -1.19. The van der Waals surface area contributed by atoms with E-state index in [0.717, 1.165) is 16.5 Å². The predicted octanol–water partition coefficient (Wildman–Crippen LogP) is 5.19. The number of nitrogens with one attached hydrogen (secondary N) is 1. The van der Waals surface area contributed by atoms with Crippen molar-refractivity contribution in [3.05, 3.63) is 94.4 Å². The maximum atomic E-state index is 13.8. The Morgan fingerprint density at radius 3 is 2.39 bits per heavy atom. The second-order valence-electron chi connectivity index (χ2n) is 7.01. The lowest BCUT2D eigenvalue weighted by molar-refractivity contribution is -0.120. The molecule has 1 N–H and O–H groups in total. The van der Waals surface area contributed by atoms with Crippen LogP contribution < -0.4 is 15.0 Å². The third-order valence-corrected chi connectivity index (χ3v) is 5.15. The van der Waals surface area contributed by atoms with Crippen LogP contribution in [0.4, 0.5) is 15.8 Å². The van der Waals surface area contributed by atoms with Gasteiger partial charge in [-0.15, -0.1) is 0 Å². The first-order chi connectivity index (χ1) is 14.9. The van der Waals surface area contributed by atoms with Crippen LogP contribution >= 0.6 is 11.6 Å². The number of ether oxygens (including phenoxy) is 1. The molecule has 0 aliphatic carbocycles. The molecule has 3 aromatic rings. The summed E-state index contributed by atoms with van der Waals surface area (Å²) in [6.07, 6.45) is 0. The quantitative estimate of drug-likeness (QED) is 0.559. The van der Waals surface area contributed by atoms with E-state index in [-0.39, 0.29) is 17.0 Å². The van der Waals surface area contributed by atoms with Gasteiger partial charge in [0.2, 0.25) is 0 Å². The fraction of sp³-hybridized carbons (Fsp3) is 0.0833. The second kappa shape index (κ2) is 8.24. The van der Waals surface area contributed by atoms with E-state index in [1.165, 1.54) is 25.3 Å². The molecule has 0 aromatic heterocycles. The van der Waals surface area contributed by atoms with E-state index in [2.05, 4.69) is 5.32 Å². The Hall–Kier alpha value is -3.64. The molecule has 0 fully saturated rings. The van der Waals surface area contributed by atoms with E-state index in [1.54, 1.807) is 30.3 Å². The summed E-state index contributed by atoms with van der Waals surface area (Å²) < 4.78 is 19.2. The van der Waals surface area contributed by atoms with Gasteiger partial charge in [-0.2, -0.15) is 0 Å². The maximum absolute atomic E-state index is 13.8. The summed E-state index contributed by atoms with van der Waals surface area (Å²) in [4.78, 5) is 27.7. The molecule has 31 heavy (non-hydrogen) atoms. The molecule has 1 aliphatic heterocycles. The summed E-state index contributed by atoms with van der Waals surface area (Å²) in [5, 5.41) is 3.57. The molecule has 0 atom stereocenters. The lowest BCUT2D eigenvalue weighted by atomic mass is 10.0. The highest BCUT2D eigenvalue weighted by atomic mass is 35.5. The lowest BCUT2D eigenvalue weighted by Gasteiger charge is -2.16. The van der Waals surface area contributed by atoms with Crippen molar-refractivity contribution in [3.8, 4) is 5.75 Å². The molecule has 2 amide bonds. The van der Waals surface area contributed by atoms with Crippen molar-refractivity contribution in [3.63, 3.8) is 0 Å². The Kier molecular flexibility index (Phi) is 5.48. The van der Waals surface area contributed by atoms with E-state index in [9.17, 15) is 14.0 Å². The first-order valence-corrected chi connectivity index (χ1v) is 9.83. The van der Waals surface area contributed by atoms with E-state index >= 15 is 0 Å². The third kappa shape index (κ3) is 3.90. The van der Waals surface area contributed by atoms with Crippen molar-refractivity contribution in [2.24, 2.45) is 0 Å². The lowest BCUT2D eigenvalue weighted by Crippen LogP contribution is -2.32. The van der Waals surface area contributed by atoms with Crippen LogP contribution in [-0.2, 0) is 9.59 Å². The Morgan fingerprint density at radius 2 is 1.71 bits per heavy atom. The number of hydrogen-bond acceptors (Lipinski definition) is 4. The fourth-order valence-corrected chi connectivity index (χ4v) is 3.56. The number of anilines is 2. The molecule has 156 valence electrons. The number of halogens is 2. The average molecular weight is 437 g/mol. The van der Waals surface area contributed by atoms with Crippen LogP contribution in [0.3, 0.4) is 0 Å². The molecule has 0 saturated heterocycles. The van der Waals surface area contributed by atoms with Crippen molar-refractivity contribution in [2.45, 2.75) is 6.92 Å². The monoisotopic (exact) mass is 436 g/mol. The first-order valence-electron chi connectivity index (χ1n) is 9.45.